The minimum atomic E-state index is -0.438. The van der Waals surface area contributed by atoms with Crippen molar-refractivity contribution in [1.29, 1.82) is 0 Å². The molecule has 0 aliphatic carbocycles. The number of hydrogen-bond acceptors (Lipinski definition) is 6. The van der Waals surface area contributed by atoms with Gasteiger partial charge < -0.3 is 4.74 Å². The summed E-state index contributed by atoms with van der Waals surface area (Å²) >= 11 is 1.35. The maximum absolute atomic E-state index is 12.7. The van der Waals surface area contributed by atoms with Crippen molar-refractivity contribution in [3.05, 3.63) is 82.0 Å². The van der Waals surface area contributed by atoms with E-state index in [2.05, 4.69) is 9.97 Å². The third-order valence-electron chi connectivity index (χ3n) is 5.12. The van der Waals surface area contributed by atoms with Crippen LogP contribution in [0.1, 0.15) is 39.7 Å². The molecular formula is C25H23N3O3S. The van der Waals surface area contributed by atoms with Crippen molar-refractivity contribution in [2.75, 3.05) is 4.90 Å². The van der Waals surface area contributed by atoms with Crippen molar-refractivity contribution in [2.24, 2.45) is 0 Å². The fourth-order valence-electron chi connectivity index (χ4n) is 3.88. The fraction of sp³-hybridized carbons (Fsp3) is 0.200. The zero-order valence-electron chi connectivity index (χ0n) is 18.4. The minimum absolute atomic E-state index is 0.0175. The van der Waals surface area contributed by atoms with Gasteiger partial charge in [-0.05, 0) is 50.1 Å². The van der Waals surface area contributed by atoms with Gasteiger partial charge in [-0.15, -0.1) is 11.3 Å². The first kappa shape index (κ1) is 21.6. The summed E-state index contributed by atoms with van der Waals surface area (Å²) in [5.41, 5.74) is 5.77. The van der Waals surface area contributed by atoms with E-state index in [-0.39, 0.29) is 12.5 Å². The Morgan fingerprint density at radius 3 is 2.53 bits per heavy atom. The van der Waals surface area contributed by atoms with E-state index in [1.165, 1.54) is 18.3 Å². The quantitative estimate of drug-likeness (QED) is 0.371. The van der Waals surface area contributed by atoms with Crippen molar-refractivity contribution < 1.29 is 14.3 Å². The number of hydrogen-bond donors (Lipinski definition) is 0. The second-order valence-corrected chi connectivity index (χ2v) is 8.51. The van der Waals surface area contributed by atoms with Crippen molar-refractivity contribution in [1.82, 2.24) is 9.97 Å². The number of pyridine rings is 1. The van der Waals surface area contributed by atoms with E-state index in [1.54, 1.807) is 29.3 Å². The van der Waals surface area contributed by atoms with Gasteiger partial charge in [0.2, 0.25) is 5.91 Å². The van der Waals surface area contributed by atoms with Crippen LogP contribution < -0.4 is 4.90 Å². The normalized spacial score (nSPS) is 10.9. The molecule has 0 radical (unpaired) electrons. The molecule has 162 valence electrons. The van der Waals surface area contributed by atoms with Crippen LogP contribution in [0.25, 0.3) is 10.9 Å². The van der Waals surface area contributed by atoms with Crippen LogP contribution in [-0.2, 0) is 16.1 Å². The molecule has 2 heterocycles. The maximum Gasteiger partial charge on any atom is 0.339 e. The molecule has 4 aromatic rings. The molecule has 0 saturated heterocycles. The first-order valence-electron chi connectivity index (χ1n) is 10.2. The van der Waals surface area contributed by atoms with E-state index in [1.807, 2.05) is 50.4 Å². The molecule has 2 aromatic heterocycles. The molecule has 7 heteroatoms. The number of ether oxygens (including phenoxy) is 1. The summed E-state index contributed by atoms with van der Waals surface area (Å²) in [5.74, 6) is -0.562. The van der Waals surface area contributed by atoms with Crippen LogP contribution in [-0.4, -0.2) is 21.8 Å². The van der Waals surface area contributed by atoms with Gasteiger partial charge in [0.25, 0.3) is 0 Å². The molecular weight excluding hydrogens is 422 g/mol. The van der Waals surface area contributed by atoms with Gasteiger partial charge in [0, 0.05) is 23.9 Å². The number of aromatic nitrogens is 2. The monoisotopic (exact) mass is 445 g/mol. The lowest BCUT2D eigenvalue weighted by atomic mass is 10.0. The van der Waals surface area contributed by atoms with Gasteiger partial charge >= 0.3 is 5.97 Å². The Balaban J connectivity index is 1.55. The highest BCUT2D eigenvalue weighted by molar-refractivity contribution is 7.14. The van der Waals surface area contributed by atoms with E-state index < -0.39 is 5.97 Å². The number of aryl methyl sites for hydroxylation is 3. The predicted molar refractivity (Wildman–Crippen MR) is 126 cm³/mol. The predicted octanol–water partition coefficient (Wildman–Crippen LogP) is 5.66. The number of fused-ring (bicyclic) bond motifs is 1. The van der Waals surface area contributed by atoms with Gasteiger partial charge in [0.1, 0.15) is 6.61 Å². The van der Waals surface area contributed by atoms with E-state index >= 15 is 0 Å². The highest BCUT2D eigenvalue weighted by Crippen LogP contribution is 2.34. The molecule has 0 aliphatic rings. The number of nitrogens with zero attached hydrogens (tertiary/aromatic N) is 3. The Labute approximate surface area is 190 Å². The van der Waals surface area contributed by atoms with Crippen molar-refractivity contribution in [3.8, 4) is 0 Å². The van der Waals surface area contributed by atoms with Crippen LogP contribution in [0.3, 0.4) is 0 Å². The number of thiazole rings is 1. The smallest absolute Gasteiger partial charge is 0.339 e. The standard InChI is InChI=1S/C25H23N3O3S/c1-15-11-16(2)23(17(3)12-15)28(18(4)29)25-27-19(14-32-25)13-31-24(30)21-7-5-9-22-20(21)8-6-10-26-22/h5-12,14H,13H2,1-4H3. The highest BCUT2D eigenvalue weighted by atomic mass is 32.1. The van der Waals surface area contributed by atoms with Crippen molar-refractivity contribution in [2.45, 2.75) is 34.3 Å². The van der Waals surface area contributed by atoms with Crippen LogP contribution in [0, 0.1) is 20.8 Å². The van der Waals surface area contributed by atoms with E-state index in [0.29, 0.717) is 16.4 Å². The molecule has 32 heavy (non-hydrogen) atoms. The lowest BCUT2D eigenvalue weighted by molar-refractivity contribution is -0.115. The third kappa shape index (κ3) is 4.24. The summed E-state index contributed by atoms with van der Waals surface area (Å²) in [7, 11) is 0. The van der Waals surface area contributed by atoms with Gasteiger partial charge in [0.05, 0.1) is 22.5 Å². The summed E-state index contributed by atoms with van der Waals surface area (Å²) in [6.07, 6.45) is 1.69. The van der Waals surface area contributed by atoms with Crippen LogP contribution in [0.5, 0.6) is 0 Å². The summed E-state index contributed by atoms with van der Waals surface area (Å²) < 4.78 is 5.52. The van der Waals surface area contributed by atoms with Gasteiger partial charge in [-0.1, -0.05) is 29.8 Å². The molecule has 0 aliphatic heterocycles. The van der Waals surface area contributed by atoms with Crippen LogP contribution in [0.4, 0.5) is 10.8 Å². The number of esters is 1. The molecule has 6 nitrogen and oxygen atoms in total. The molecule has 2 aromatic carbocycles. The first-order valence-corrected chi connectivity index (χ1v) is 11.1. The molecule has 0 saturated carbocycles. The molecule has 0 N–H and O–H groups in total. The number of benzene rings is 2. The SMILES string of the molecule is CC(=O)N(c1nc(COC(=O)c2cccc3ncccc23)cs1)c1c(C)cc(C)cc1C. The van der Waals surface area contributed by atoms with E-state index in [9.17, 15) is 9.59 Å². The second kappa shape index (κ2) is 8.88. The highest BCUT2D eigenvalue weighted by Gasteiger charge is 2.22. The van der Waals surface area contributed by atoms with Gasteiger partial charge in [-0.3, -0.25) is 14.7 Å². The lowest BCUT2D eigenvalue weighted by Crippen LogP contribution is -2.24. The Morgan fingerprint density at radius 1 is 1.06 bits per heavy atom. The van der Waals surface area contributed by atoms with Gasteiger partial charge in [-0.25, -0.2) is 9.78 Å². The average molecular weight is 446 g/mol. The van der Waals surface area contributed by atoms with Crippen LogP contribution in [0.2, 0.25) is 0 Å². The van der Waals surface area contributed by atoms with Gasteiger partial charge in [-0.2, -0.15) is 0 Å². The molecule has 0 spiro atoms. The second-order valence-electron chi connectivity index (χ2n) is 7.67. The molecule has 0 fully saturated rings. The Morgan fingerprint density at radius 2 is 1.81 bits per heavy atom. The fourth-order valence-corrected chi connectivity index (χ4v) is 4.73. The molecule has 4 rings (SSSR count). The van der Waals surface area contributed by atoms with Crippen LogP contribution in [0.15, 0.2) is 54.0 Å². The Bertz CT molecular complexity index is 1300. The van der Waals surface area contributed by atoms with Crippen LogP contribution >= 0.6 is 11.3 Å². The van der Waals surface area contributed by atoms with Crippen molar-refractivity contribution in [3.63, 3.8) is 0 Å². The number of anilines is 2. The Hall–Kier alpha value is -3.58. The van der Waals surface area contributed by atoms with E-state index in [4.69, 9.17) is 4.74 Å². The summed E-state index contributed by atoms with van der Waals surface area (Å²) in [4.78, 5) is 35.7. The average Bonchev–Trinajstić information content (AvgIpc) is 3.22. The number of carbonyl (C=O) groups is 2. The molecule has 0 bridgehead atoms. The maximum atomic E-state index is 12.7. The molecule has 0 atom stereocenters. The topological polar surface area (TPSA) is 72.4 Å². The lowest BCUT2D eigenvalue weighted by Gasteiger charge is -2.23. The largest absolute Gasteiger partial charge is 0.456 e. The molecule has 0 unspecified atom stereocenters. The number of amides is 1. The van der Waals surface area contributed by atoms with E-state index in [0.717, 1.165) is 33.3 Å². The first-order chi connectivity index (χ1) is 15.3. The summed E-state index contributed by atoms with van der Waals surface area (Å²) in [6.45, 7) is 7.54. The minimum Gasteiger partial charge on any atom is -0.456 e. The molecule has 1 amide bonds. The number of carbonyl (C=O) groups excluding carboxylic acids is 2. The summed E-state index contributed by atoms with van der Waals surface area (Å²) in [6, 6.07) is 13.1. The third-order valence-corrected chi connectivity index (χ3v) is 6.00. The Kier molecular flexibility index (Phi) is 6.01. The van der Waals surface area contributed by atoms with Gasteiger partial charge in [0.15, 0.2) is 5.13 Å². The summed E-state index contributed by atoms with van der Waals surface area (Å²) in [5, 5.41) is 3.10. The zero-order valence-corrected chi connectivity index (χ0v) is 19.2. The number of rotatable bonds is 5. The van der Waals surface area contributed by atoms with Crippen molar-refractivity contribution >= 4 is 44.9 Å². The zero-order chi connectivity index (χ0) is 22.8.